The van der Waals surface area contributed by atoms with E-state index in [0.29, 0.717) is 6.54 Å². The molecule has 0 aromatic rings. The van der Waals surface area contributed by atoms with E-state index in [4.69, 9.17) is 0 Å². The highest BCUT2D eigenvalue weighted by atomic mass is 16.3. The van der Waals surface area contributed by atoms with Gasteiger partial charge in [0.1, 0.15) is 6.04 Å². The van der Waals surface area contributed by atoms with Gasteiger partial charge in [-0.25, -0.2) is 0 Å². The van der Waals surface area contributed by atoms with E-state index in [-0.39, 0.29) is 18.2 Å². The molecule has 0 aromatic carbocycles. The first kappa shape index (κ1) is 11.4. The summed E-state index contributed by atoms with van der Waals surface area (Å²) in [5.74, 6) is -0.104. The summed E-state index contributed by atoms with van der Waals surface area (Å²) in [6.07, 6.45) is 1.64. The standard InChI is InChI=1S/C11H18N2O3/c1-8(11(16)12-4-2-3-5-12)13-7-9(14)6-10(13)15/h8-9,14H,2-7H2,1H3. The van der Waals surface area contributed by atoms with E-state index in [0.717, 1.165) is 25.9 Å². The summed E-state index contributed by atoms with van der Waals surface area (Å²) >= 11 is 0. The monoisotopic (exact) mass is 226 g/mol. The molecule has 0 radical (unpaired) electrons. The molecule has 0 bridgehead atoms. The summed E-state index contributed by atoms with van der Waals surface area (Å²) in [4.78, 5) is 26.9. The van der Waals surface area contributed by atoms with Gasteiger partial charge in [0.2, 0.25) is 11.8 Å². The fourth-order valence-electron chi connectivity index (χ4n) is 2.42. The normalized spacial score (nSPS) is 27.6. The van der Waals surface area contributed by atoms with Crippen LogP contribution in [0.2, 0.25) is 0 Å². The van der Waals surface area contributed by atoms with Crippen molar-refractivity contribution >= 4 is 11.8 Å². The van der Waals surface area contributed by atoms with Crippen LogP contribution in [0, 0.1) is 0 Å². The highest BCUT2D eigenvalue weighted by molar-refractivity contribution is 5.88. The van der Waals surface area contributed by atoms with Crippen LogP contribution in [0.25, 0.3) is 0 Å². The Balaban J connectivity index is 1.98. The quantitative estimate of drug-likeness (QED) is 0.696. The summed E-state index contributed by atoms with van der Waals surface area (Å²) < 4.78 is 0. The van der Waals surface area contributed by atoms with Crippen LogP contribution in [0.4, 0.5) is 0 Å². The Kier molecular flexibility index (Phi) is 3.14. The maximum Gasteiger partial charge on any atom is 0.245 e. The molecular weight excluding hydrogens is 208 g/mol. The third kappa shape index (κ3) is 2.04. The molecule has 16 heavy (non-hydrogen) atoms. The van der Waals surface area contributed by atoms with Crippen LogP contribution in [0.5, 0.6) is 0 Å². The molecule has 5 heteroatoms. The number of hydrogen-bond acceptors (Lipinski definition) is 3. The number of carbonyl (C=O) groups excluding carboxylic acids is 2. The minimum Gasteiger partial charge on any atom is -0.391 e. The summed E-state index contributed by atoms with van der Waals surface area (Å²) in [5.41, 5.74) is 0. The third-order valence-corrected chi connectivity index (χ3v) is 3.38. The zero-order valence-electron chi connectivity index (χ0n) is 9.56. The molecule has 0 spiro atoms. The zero-order valence-corrected chi connectivity index (χ0v) is 9.56. The molecule has 2 amide bonds. The van der Waals surface area contributed by atoms with Crippen molar-refractivity contribution in [1.82, 2.24) is 9.80 Å². The number of carbonyl (C=O) groups is 2. The van der Waals surface area contributed by atoms with Crippen molar-refractivity contribution in [1.29, 1.82) is 0 Å². The van der Waals surface area contributed by atoms with Crippen molar-refractivity contribution in [3.63, 3.8) is 0 Å². The number of rotatable bonds is 2. The van der Waals surface area contributed by atoms with Crippen LogP contribution >= 0.6 is 0 Å². The van der Waals surface area contributed by atoms with E-state index in [1.165, 1.54) is 4.90 Å². The minimum atomic E-state index is -0.610. The lowest BCUT2D eigenvalue weighted by Gasteiger charge is -2.27. The van der Waals surface area contributed by atoms with Gasteiger partial charge in [-0.1, -0.05) is 0 Å². The third-order valence-electron chi connectivity index (χ3n) is 3.38. The van der Waals surface area contributed by atoms with Crippen molar-refractivity contribution in [3.8, 4) is 0 Å². The number of β-amino-alcohol motifs (C(OH)–C–C–N with tert-alkyl or cyclic N) is 1. The maximum atomic E-state index is 12.0. The first-order chi connectivity index (χ1) is 7.59. The molecule has 90 valence electrons. The first-order valence-corrected chi connectivity index (χ1v) is 5.86. The topological polar surface area (TPSA) is 60.9 Å². The smallest absolute Gasteiger partial charge is 0.245 e. The predicted molar refractivity (Wildman–Crippen MR) is 57.6 cm³/mol. The fraction of sp³-hybridized carbons (Fsp3) is 0.818. The van der Waals surface area contributed by atoms with E-state index in [9.17, 15) is 14.7 Å². The SMILES string of the molecule is CC(C(=O)N1CCCC1)N1CC(O)CC1=O. The fourth-order valence-corrected chi connectivity index (χ4v) is 2.42. The van der Waals surface area contributed by atoms with Crippen molar-refractivity contribution < 1.29 is 14.7 Å². The maximum absolute atomic E-state index is 12.0. The van der Waals surface area contributed by atoms with Crippen molar-refractivity contribution in [2.24, 2.45) is 0 Å². The molecule has 5 nitrogen and oxygen atoms in total. The average molecular weight is 226 g/mol. The van der Waals surface area contributed by atoms with Gasteiger partial charge in [0.25, 0.3) is 0 Å². The molecule has 0 aromatic heterocycles. The Morgan fingerprint density at radius 2 is 2.06 bits per heavy atom. The number of nitrogens with zero attached hydrogens (tertiary/aromatic N) is 2. The van der Waals surface area contributed by atoms with Gasteiger partial charge in [0.05, 0.1) is 12.5 Å². The van der Waals surface area contributed by atoms with Gasteiger partial charge in [0, 0.05) is 19.6 Å². The summed E-state index contributed by atoms with van der Waals surface area (Å²) in [5, 5.41) is 9.38. The second-order valence-electron chi connectivity index (χ2n) is 4.61. The molecule has 0 aliphatic carbocycles. The van der Waals surface area contributed by atoms with Gasteiger partial charge in [-0.3, -0.25) is 9.59 Å². The van der Waals surface area contributed by atoms with Crippen LogP contribution in [0.15, 0.2) is 0 Å². The lowest BCUT2D eigenvalue weighted by molar-refractivity contribution is -0.142. The molecule has 2 aliphatic heterocycles. The largest absolute Gasteiger partial charge is 0.391 e. The molecule has 2 atom stereocenters. The van der Waals surface area contributed by atoms with Crippen LogP contribution in [-0.4, -0.2) is 58.5 Å². The molecule has 2 rings (SSSR count). The lowest BCUT2D eigenvalue weighted by Crippen LogP contribution is -2.47. The summed E-state index contributed by atoms with van der Waals surface area (Å²) in [6.45, 7) is 3.64. The molecule has 0 saturated carbocycles. The number of aliphatic hydroxyl groups excluding tert-OH is 1. The Morgan fingerprint density at radius 3 is 2.56 bits per heavy atom. The van der Waals surface area contributed by atoms with E-state index in [1.807, 2.05) is 4.90 Å². The van der Waals surface area contributed by atoms with Gasteiger partial charge in [-0.2, -0.15) is 0 Å². The Morgan fingerprint density at radius 1 is 1.44 bits per heavy atom. The van der Waals surface area contributed by atoms with Crippen LogP contribution in [-0.2, 0) is 9.59 Å². The molecular formula is C11H18N2O3. The predicted octanol–water partition coefficient (Wildman–Crippen LogP) is -0.410. The van der Waals surface area contributed by atoms with Crippen LogP contribution in [0.1, 0.15) is 26.2 Å². The van der Waals surface area contributed by atoms with Gasteiger partial charge < -0.3 is 14.9 Å². The second-order valence-corrected chi connectivity index (χ2v) is 4.61. The molecule has 2 aliphatic rings. The lowest BCUT2D eigenvalue weighted by atomic mass is 10.2. The number of hydrogen-bond donors (Lipinski definition) is 1. The average Bonchev–Trinajstić information content (AvgIpc) is 2.85. The summed E-state index contributed by atoms with van der Waals surface area (Å²) in [6, 6.07) is -0.428. The number of amides is 2. The first-order valence-electron chi connectivity index (χ1n) is 5.86. The molecule has 2 unspecified atom stereocenters. The minimum absolute atomic E-state index is 0.0138. The Bertz CT molecular complexity index is 300. The summed E-state index contributed by atoms with van der Waals surface area (Å²) in [7, 11) is 0. The number of likely N-dealkylation sites (tertiary alicyclic amines) is 2. The Labute approximate surface area is 95.0 Å². The van der Waals surface area contributed by atoms with Gasteiger partial charge in [-0.15, -0.1) is 0 Å². The highest BCUT2D eigenvalue weighted by Gasteiger charge is 2.36. The van der Waals surface area contributed by atoms with Crippen molar-refractivity contribution in [2.45, 2.75) is 38.3 Å². The van der Waals surface area contributed by atoms with Gasteiger partial charge in [0.15, 0.2) is 0 Å². The van der Waals surface area contributed by atoms with Gasteiger partial charge >= 0.3 is 0 Å². The van der Waals surface area contributed by atoms with E-state index >= 15 is 0 Å². The second kappa shape index (κ2) is 4.41. The molecule has 1 N–H and O–H groups in total. The van der Waals surface area contributed by atoms with Crippen LogP contribution < -0.4 is 0 Å². The van der Waals surface area contributed by atoms with E-state index < -0.39 is 12.1 Å². The number of aliphatic hydroxyl groups is 1. The van der Waals surface area contributed by atoms with Gasteiger partial charge in [-0.05, 0) is 19.8 Å². The van der Waals surface area contributed by atoms with Crippen molar-refractivity contribution in [2.75, 3.05) is 19.6 Å². The molecule has 2 saturated heterocycles. The van der Waals surface area contributed by atoms with Crippen LogP contribution in [0.3, 0.4) is 0 Å². The zero-order chi connectivity index (χ0) is 11.7. The van der Waals surface area contributed by atoms with E-state index in [1.54, 1.807) is 6.92 Å². The molecule has 2 fully saturated rings. The Hall–Kier alpha value is -1.10. The van der Waals surface area contributed by atoms with E-state index in [2.05, 4.69) is 0 Å². The van der Waals surface area contributed by atoms with Crippen molar-refractivity contribution in [3.05, 3.63) is 0 Å². The molecule has 2 heterocycles. The highest BCUT2D eigenvalue weighted by Crippen LogP contribution is 2.17.